The number of hydrogen-bond donors (Lipinski definition) is 0. The Morgan fingerprint density at radius 3 is 2.33 bits per heavy atom. The second kappa shape index (κ2) is 8.49. The van der Waals surface area contributed by atoms with Crippen molar-refractivity contribution in [1.29, 1.82) is 0 Å². The zero-order valence-electron chi connectivity index (χ0n) is 13.7. The van der Waals surface area contributed by atoms with Crippen LogP contribution in [-0.2, 0) is 9.53 Å². The summed E-state index contributed by atoms with van der Waals surface area (Å²) in [6.45, 7) is 9.35. The molecule has 0 bridgehead atoms. The summed E-state index contributed by atoms with van der Waals surface area (Å²) in [5, 5.41) is 0. The van der Waals surface area contributed by atoms with Crippen molar-refractivity contribution in [3.63, 3.8) is 0 Å². The first-order valence-corrected chi connectivity index (χ1v) is 7.64. The smallest absolute Gasteiger partial charge is 0.338 e. The van der Waals surface area contributed by atoms with Gasteiger partial charge in [0.25, 0.3) is 0 Å². The van der Waals surface area contributed by atoms with Crippen LogP contribution < -0.4 is 0 Å². The summed E-state index contributed by atoms with van der Waals surface area (Å²) < 4.78 is 5.18. The third-order valence-corrected chi connectivity index (χ3v) is 3.53. The van der Waals surface area contributed by atoms with Gasteiger partial charge in [-0.25, -0.2) is 4.79 Å². The minimum absolute atomic E-state index is 0.388. The van der Waals surface area contributed by atoms with Crippen LogP contribution in [0.1, 0.15) is 29.2 Å². The molecule has 0 spiro atoms. The molecule has 0 aliphatic rings. The van der Waals surface area contributed by atoms with E-state index in [9.17, 15) is 4.79 Å². The molecule has 2 nitrogen and oxygen atoms in total. The lowest BCUT2D eigenvalue weighted by atomic mass is 9.99. The van der Waals surface area contributed by atoms with Crippen LogP contribution in [0.2, 0.25) is 0 Å². The lowest BCUT2D eigenvalue weighted by Crippen LogP contribution is -2.01. The van der Waals surface area contributed by atoms with E-state index in [4.69, 9.17) is 4.74 Å². The Morgan fingerprint density at radius 1 is 0.958 bits per heavy atom. The van der Waals surface area contributed by atoms with Gasteiger partial charge in [0, 0.05) is 5.57 Å². The van der Waals surface area contributed by atoms with Gasteiger partial charge in [-0.15, -0.1) is 0 Å². The second-order valence-electron chi connectivity index (χ2n) is 5.20. The first kappa shape index (κ1) is 17.2. The van der Waals surface area contributed by atoms with E-state index >= 15 is 0 Å². The van der Waals surface area contributed by atoms with Crippen molar-refractivity contribution >= 4 is 30.3 Å². The van der Waals surface area contributed by atoms with Crippen LogP contribution in [0.25, 0.3) is 24.3 Å². The summed E-state index contributed by atoms with van der Waals surface area (Å²) in [5.74, 6) is -0.388. The minimum atomic E-state index is -0.388. The fourth-order valence-corrected chi connectivity index (χ4v) is 2.26. The van der Waals surface area contributed by atoms with Gasteiger partial charge < -0.3 is 4.74 Å². The maximum absolute atomic E-state index is 12.1. The van der Waals surface area contributed by atoms with Crippen LogP contribution in [0.3, 0.4) is 0 Å². The topological polar surface area (TPSA) is 26.3 Å². The first-order chi connectivity index (χ1) is 11.7. The number of hydrogen-bond acceptors (Lipinski definition) is 2. The Morgan fingerprint density at radius 2 is 1.67 bits per heavy atom. The summed E-state index contributed by atoms with van der Waals surface area (Å²) in [7, 11) is 0. The van der Waals surface area contributed by atoms with Gasteiger partial charge in [0.05, 0.1) is 6.26 Å². The average molecular weight is 316 g/mol. The molecule has 0 amide bonds. The summed E-state index contributed by atoms with van der Waals surface area (Å²) >= 11 is 0. The Bertz CT molecular complexity index is 796. The fraction of sp³-hybridized carbons (Fsp3) is 0.0455. The highest BCUT2D eigenvalue weighted by molar-refractivity contribution is 5.94. The van der Waals surface area contributed by atoms with E-state index in [1.54, 1.807) is 31.2 Å². The summed E-state index contributed by atoms with van der Waals surface area (Å²) in [4.78, 5) is 12.1. The predicted octanol–water partition coefficient (Wildman–Crippen LogP) is 5.59. The molecule has 0 heterocycles. The monoisotopic (exact) mass is 316 g/mol. The summed E-state index contributed by atoms with van der Waals surface area (Å²) in [6, 6.07) is 15.5. The van der Waals surface area contributed by atoms with Gasteiger partial charge in [0.2, 0.25) is 0 Å². The van der Waals surface area contributed by atoms with Crippen molar-refractivity contribution in [3.8, 4) is 0 Å². The normalized spacial score (nSPS) is 11.3. The van der Waals surface area contributed by atoms with Gasteiger partial charge in [-0.2, -0.15) is 0 Å². The molecule has 0 saturated carbocycles. The predicted molar refractivity (Wildman–Crippen MR) is 102 cm³/mol. The van der Waals surface area contributed by atoms with Crippen LogP contribution in [0.4, 0.5) is 0 Å². The molecule has 0 radical (unpaired) electrons. The molecule has 2 rings (SSSR count). The molecule has 0 aromatic heterocycles. The summed E-state index contributed by atoms with van der Waals surface area (Å²) in [5.41, 5.74) is 4.31. The Kier molecular flexibility index (Phi) is 6.09. The number of ether oxygens (including phenoxy) is 1. The van der Waals surface area contributed by atoms with Crippen molar-refractivity contribution in [1.82, 2.24) is 0 Å². The zero-order chi connectivity index (χ0) is 17.4. The van der Waals surface area contributed by atoms with Crippen molar-refractivity contribution in [2.45, 2.75) is 6.92 Å². The molecule has 0 unspecified atom stereocenters. The van der Waals surface area contributed by atoms with E-state index < -0.39 is 0 Å². The van der Waals surface area contributed by atoms with Gasteiger partial charge in [-0.05, 0) is 41.3 Å². The van der Waals surface area contributed by atoms with Gasteiger partial charge in [0.1, 0.15) is 0 Å². The van der Waals surface area contributed by atoms with Crippen LogP contribution >= 0.6 is 0 Å². The molecule has 0 aliphatic heterocycles. The van der Waals surface area contributed by atoms with Gasteiger partial charge in [-0.1, -0.05) is 73.8 Å². The first-order valence-electron chi connectivity index (χ1n) is 7.64. The fourth-order valence-electron chi connectivity index (χ4n) is 2.26. The van der Waals surface area contributed by atoms with Crippen molar-refractivity contribution in [2.24, 2.45) is 0 Å². The summed E-state index contributed by atoms with van der Waals surface area (Å²) in [6.07, 6.45) is 8.48. The van der Waals surface area contributed by atoms with Crippen LogP contribution in [0.5, 0.6) is 0 Å². The Balaban J connectivity index is 2.13. The van der Waals surface area contributed by atoms with E-state index in [2.05, 4.69) is 13.2 Å². The number of esters is 1. The van der Waals surface area contributed by atoms with Crippen LogP contribution in [-0.4, -0.2) is 5.97 Å². The average Bonchev–Trinajstić information content (AvgIpc) is 2.62. The van der Waals surface area contributed by atoms with Gasteiger partial charge in [-0.3, -0.25) is 0 Å². The second-order valence-corrected chi connectivity index (χ2v) is 5.20. The third-order valence-electron chi connectivity index (χ3n) is 3.53. The van der Waals surface area contributed by atoms with E-state index in [1.165, 1.54) is 6.26 Å². The van der Waals surface area contributed by atoms with Crippen LogP contribution in [0, 0.1) is 0 Å². The lowest BCUT2D eigenvalue weighted by molar-refractivity contribution is -0.133. The third kappa shape index (κ3) is 4.43. The van der Waals surface area contributed by atoms with Gasteiger partial charge in [0.15, 0.2) is 0 Å². The highest BCUT2D eigenvalue weighted by atomic mass is 16.5. The largest absolute Gasteiger partial charge is 0.431 e. The molecule has 0 N–H and O–H groups in total. The maximum atomic E-state index is 12.1. The molecule has 2 aromatic rings. The molecule has 0 fully saturated rings. The minimum Gasteiger partial charge on any atom is -0.431 e. The van der Waals surface area contributed by atoms with Crippen molar-refractivity contribution in [3.05, 3.63) is 95.8 Å². The maximum Gasteiger partial charge on any atom is 0.338 e. The molecule has 120 valence electrons. The van der Waals surface area contributed by atoms with Crippen LogP contribution in [0.15, 0.2) is 73.5 Å². The number of benzene rings is 2. The molecule has 2 aromatic carbocycles. The van der Waals surface area contributed by atoms with E-state index in [1.807, 2.05) is 48.5 Å². The number of rotatable bonds is 6. The number of carbonyl (C=O) groups is 1. The van der Waals surface area contributed by atoms with Crippen molar-refractivity contribution in [2.75, 3.05) is 0 Å². The molecule has 0 saturated heterocycles. The molecule has 24 heavy (non-hydrogen) atoms. The SMILES string of the molecule is C=Cc1cccc(C=C(C)C(=O)OC=Cc2ccccc2)c1C=C. The highest BCUT2D eigenvalue weighted by Gasteiger charge is 2.07. The molecular weight excluding hydrogens is 296 g/mol. The van der Waals surface area contributed by atoms with E-state index in [-0.39, 0.29) is 5.97 Å². The standard InChI is InChI=1S/C22H20O2/c1-4-19-12-9-13-20(21(19)5-2)16-17(3)22(23)24-15-14-18-10-7-6-8-11-18/h4-16H,1-2H2,3H3. The molecular formula is C22H20O2. The molecule has 0 atom stereocenters. The Hall–Kier alpha value is -3.13. The van der Waals surface area contributed by atoms with E-state index in [0.717, 1.165) is 22.3 Å². The zero-order valence-corrected chi connectivity index (χ0v) is 13.7. The molecule has 0 aliphatic carbocycles. The lowest BCUT2D eigenvalue weighted by Gasteiger charge is -2.07. The van der Waals surface area contributed by atoms with Gasteiger partial charge >= 0.3 is 5.97 Å². The van der Waals surface area contributed by atoms with E-state index in [0.29, 0.717) is 5.57 Å². The highest BCUT2D eigenvalue weighted by Crippen LogP contribution is 2.20. The quantitative estimate of drug-likeness (QED) is 0.394. The Labute approximate surface area is 143 Å². The number of carbonyl (C=O) groups excluding carboxylic acids is 1. The molecule has 2 heteroatoms. The van der Waals surface area contributed by atoms with Crippen molar-refractivity contribution < 1.29 is 9.53 Å².